The number of thioether (sulfide) groups is 4. The highest BCUT2D eigenvalue weighted by molar-refractivity contribution is 8.07. The van der Waals surface area contributed by atoms with Crippen molar-refractivity contribution in [1.82, 2.24) is 0 Å². The van der Waals surface area contributed by atoms with Crippen LogP contribution in [0, 0.1) is 0 Å². The lowest BCUT2D eigenvalue weighted by Crippen LogP contribution is -2.21. The molecule has 2 unspecified atom stereocenters. The predicted octanol–water partition coefficient (Wildman–Crippen LogP) is 3.22. The van der Waals surface area contributed by atoms with E-state index in [0.717, 1.165) is 22.0 Å². The lowest BCUT2D eigenvalue weighted by molar-refractivity contribution is 0.322. The molecule has 0 aliphatic carbocycles. The molecule has 0 bridgehead atoms. The first-order valence-electron chi connectivity index (χ1n) is 7.47. The second-order valence-corrected chi connectivity index (χ2v) is 9.98. The van der Waals surface area contributed by atoms with Gasteiger partial charge >= 0.3 is 0 Å². The highest BCUT2D eigenvalue weighted by atomic mass is 32.2. The maximum Gasteiger partial charge on any atom is 0.0521 e. The van der Waals surface area contributed by atoms with Crippen molar-refractivity contribution in [3.05, 3.63) is 0 Å². The van der Waals surface area contributed by atoms with Gasteiger partial charge in [0.25, 0.3) is 0 Å². The molecule has 0 saturated carbocycles. The Bertz CT molecular complexity index is 189. The van der Waals surface area contributed by atoms with Crippen molar-refractivity contribution in [2.45, 2.75) is 36.2 Å². The smallest absolute Gasteiger partial charge is 0.0521 e. The summed E-state index contributed by atoms with van der Waals surface area (Å²) in [6.45, 7) is 0.633. The minimum Gasteiger partial charge on any atom is -0.396 e. The van der Waals surface area contributed by atoms with Crippen molar-refractivity contribution in [1.29, 1.82) is 0 Å². The first-order chi connectivity index (χ1) is 9.86. The molecule has 1 rings (SSSR count). The molecule has 0 spiro atoms. The average Bonchev–Trinajstić information content (AvgIpc) is 2.48. The first-order valence-corrected chi connectivity index (χ1v) is 11.9. The summed E-state index contributed by atoms with van der Waals surface area (Å²) >= 11 is 8.10. The third-order valence-electron chi connectivity index (χ3n) is 3.14. The van der Waals surface area contributed by atoms with Crippen LogP contribution in [0.2, 0.25) is 0 Å². The lowest BCUT2D eigenvalue weighted by atomic mass is 10.2. The molecule has 1 fully saturated rings. The van der Waals surface area contributed by atoms with Crippen LogP contribution in [0.15, 0.2) is 0 Å². The Morgan fingerprint density at radius 3 is 1.55 bits per heavy atom. The second kappa shape index (κ2) is 13.9. The number of hydrogen-bond acceptors (Lipinski definition) is 6. The summed E-state index contributed by atoms with van der Waals surface area (Å²) in [6, 6.07) is 0. The van der Waals surface area contributed by atoms with Gasteiger partial charge in [0.1, 0.15) is 0 Å². The van der Waals surface area contributed by atoms with Crippen LogP contribution in [0.1, 0.15) is 25.7 Å². The molecule has 6 heteroatoms. The van der Waals surface area contributed by atoms with Crippen molar-refractivity contribution < 1.29 is 10.2 Å². The van der Waals surface area contributed by atoms with Crippen LogP contribution in [0.4, 0.5) is 0 Å². The van der Waals surface area contributed by atoms with Gasteiger partial charge in [-0.25, -0.2) is 0 Å². The van der Waals surface area contributed by atoms with Crippen LogP contribution in [0.5, 0.6) is 0 Å². The highest BCUT2D eigenvalue weighted by Crippen LogP contribution is 2.34. The van der Waals surface area contributed by atoms with E-state index < -0.39 is 0 Å². The average molecular weight is 357 g/mol. The van der Waals surface area contributed by atoms with Gasteiger partial charge in [-0.05, 0) is 37.2 Å². The molecule has 1 saturated heterocycles. The summed E-state index contributed by atoms with van der Waals surface area (Å²) in [5, 5.41) is 19.2. The number of rotatable bonds is 12. The van der Waals surface area contributed by atoms with E-state index in [-0.39, 0.29) is 0 Å². The minimum atomic E-state index is 0.316. The van der Waals surface area contributed by atoms with E-state index in [9.17, 15) is 0 Å². The molecule has 2 atom stereocenters. The maximum absolute atomic E-state index is 8.72. The van der Waals surface area contributed by atoms with Crippen LogP contribution >= 0.6 is 47.0 Å². The molecule has 2 N–H and O–H groups in total. The van der Waals surface area contributed by atoms with Crippen molar-refractivity contribution in [3.8, 4) is 0 Å². The third kappa shape index (κ3) is 10.1. The fraction of sp³-hybridized carbons (Fsp3) is 1.00. The lowest BCUT2D eigenvalue weighted by Gasteiger charge is -2.27. The van der Waals surface area contributed by atoms with Crippen LogP contribution in [-0.4, -0.2) is 68.4 Å². The fourth-order valence-electron chi connectivity index (χ4n) is 2.08. The molecule has 20 heavy (non-hydrogen) atoms. The maximum atomic E-state index is 8.72. The molecule has 1 aliphatic heterocycles. The first kappa shape index (κ1) is 19.4. The summed E-state index contributed by atoms with van der Waals surface area (Å²) < 4.78 is 0. The molecule has 2 nitrogen and oxygen atoms in total. The van der Waals surface area contributed by atoms with Crippen molar-refractivity contribution >= 4 is 47.0 Å². The standard InChI is InChI=1S/C14H28O2S4/c15-5-9-17-7-1-3-13-11-20-14(12-19-13)4-2-8-18-10-6-16/h13-16H,1-12H2. The quantitative estimate of drug-likeness (QED) is 0.523. The topological polar surface area (TPSA) is 40.5 Å². The number of aliphatic hydroxyl groups is 2. The molecule has 1 aliphatic rings. The normalized spacial score (nSPS) is 23.1. The number of hydrogen-bond donors (Lipinski definition) is 2. The van der Waals surface area contributed by atoms with Gasteiger partial charge in [0.05, 0.1) is 13.2 Å². The Morgan fingerprint density at radius 2 is 1.20 bits per heavy atom. The van der Waals surface area contributed by atoms with E-state index >= 15 is 0 Å². The summed E-state index contributed by atoms with van der Waals surface area (Å²) in [6.07, 6.45) is 5.28. The summed E-state index contributed by atoms with van der Waals surface area (Å²) in [7, 11) is 0. The second-order valence-electron chi connectivity index (χ2n) is 4.87. The molecular weight excluding hydrogens is 328 g/mol. The Kier molecular flexibility index (Phi) is 13.5. The van der Waals surface area contributed by atoms with E-state index in [1.54, 1.807) is 0 Å². The Hall–Kier alpha value is 1.32. The van der Waals surface area contributed by atoms with Gasteiger partial charge in [0.15, 0.2) is 0 Å². The zero-order chi connectivity index (χ0) is 14.5. The summed E-state index contributed by atoms with van der Waals surface area (Å²) in [5.41, 5.74) is 0. The van der Waals surface area contributed by atoms with E-state index in [1.807, 2.05) is 23.5 Å². The van der Waals surface area contributed by atoms with Gasteiger partial charge in [-0.15, -0.1) is 0 Å². The largest absolute Gasteiger partial charge is 0.396 e. The fourth-order valence-corrected chi connectivity index (χ4v) is 6.70. The summed E-state index contributed by atoms with van der Waals surface area (Å²) in [4.78, 5) is 0. The van der Waals surface area contributed by atoms with Crippen LogP contribution in [0.3, 0.4) is 0 Å². The molecule has 0 aromatic carbocycles. The minimum absolute atomic E-state index is 0.316. The van der Waals surface area contributed by atoms with Gasteiger partial charge in [0, 0.05) is 33.5 Å². The van der Waals surface area contributed by atoms with E-state index in [4.69, 9.17) is 10.2 Å². The molecule has 0 aromatic rings. The summed E-state index contributed by atoms with van der Waals surface area (Å²) in [5.74, 6) is 6.83. The van der Waals surface area contributed by atoms with Gasteiger partial charge in [-0.2, -0.15) is 47.0 Å². The monoisotopic (exact) mass is 356 g/mol. The van der Waals surface area contributed by atoms with Crippen molar-refractivity contribution in [2.24, 2.45) is 0 Å². The van der Waals surface area contributed by atoms with Gasteiger partial charge in [-0.3, -0.25) is 0 Å². The zero-order valence-electron chi connectivity index (χ0n) is 12.2. The number of aliphatic hydroxyl groups excluding tert-OH is 2. The van der Waals surface area contributed by atoms with E-state index in [2.05, 4.69) is 23.5 Å². The molecule has 0 amide bonds. The van der Waals surface area contributed by atoms with E-state index in [1.165, 1.54) is 48.7 Å². The predicted molar refractivity (Wildman–Crippen MR) is 99.8 cm³/mol. The molecular formula is C14H28O2S4. The SMILES string of the molecule is OCCSCCCC1CSC(CCCSCCO)CS1. The molecule has 0 radical (unpaired) electrons. The van der Waals surface area contributed by atoms with E-state index in [0.29, 0.717) is 13.2 Å². The molecule has 1 heterocycles. The van der Waals surface area contributed by atoms with Gasteiger partial charge in [0.2, 0.25) is 0 Å². The van der Waals surface area contributed by atoms with Crippen LogP contribution < -0.4 is 0 Å². The van der Waals surface area contributed by atoms with Crippen molar-refractivity contribution in [2.75, 3.05) is 47.7 Å². The Labute approximate surface area is 141 Å². The van der Waals surface area contributed by atoms with Crippen molar-refractivity contribution in [3.63, 3.8) is 0 Å². The van der Waals surface area contributed by atoms with Gasteiger partial charge < -0.3 is 10.2 Å². The zero-order valence-corrected chi connectivity index (χ0v) is 15.4. The molecule has 120 valence electrons. The van der Waals surface area contributed by atoms with Gasteiger partial charge in [-0.1, -0.05) is 0 Å². The van der Waals surface area contributed by atoms with Crippen LogP contribution in [0.25, 0.3) is 0 Å². The highest BCUT2D eigenvalue weighted by Gasteiger charge is 2.21. The van der Waals surface area contributed by atoms with Crippen LogP contribution in [-0.2, 0) is 0 Å². The Morgan fingerprint density at radius 1 is 0.750 bits per heavy atom. The third-order valence-corrected chi connectivity index (χ3v) is 8.59. The Balaban J connectivity index is 1.91. The molecule has 0 aromatic heterocycles.